The van der Waals surface area contributed by atoms with Gasteiger partial charge >= 0.3 is 0 Å². The van der Waals surface area contributed by atoms with Crippen molar-refractivity contribution in [2.45, 2.75) is 32.6 Å². The number of rotatable bonds is 3. The van der Waals surface area contributed by atoms with Crippen LogP contribution in [0.15, 0.2) is 22.9 Å². The number of nitrogens with zero attached hydrogens (tertiary/aromatic N) is 1. The van der Waals surface area contributed by atoms with Crippen molar-refractivity contribution < 1.29 is 4.79 Å². The van der Waals surface area contributed by atoms with E-state index in [1.165, 1.54) is 25.7 Å². The molecule has 2 unspecified atom stereocenters. The number of pyridine rings is 1. The van der Waals surface area contributed by atoms with Crippen LogP contribution in [0.2, 0.25) is 0 Å². The molecule has 3 nitrogen and oxygen atoms in total. The van der Waals surface area contributed by atoms with E-state index in [1.54, 1.807) is 18.3 Å². The Morgan fingerprint density at radius 1 is 1.56 bits per heavy atom. The number of carbonyl (C=O) groups is 1. The minimum absolute atomic E-state index is 0.0341. The number of nitrogens with one attached hydrogen (secondary N) is 1. The molecule has 1 heterocycles. The van der Waals surface area contributed by atoms with Crippen LogP contribution in [-0.4, -0.2) is 17.4 Å². The molecule has 0 radical (unpaired) electrons. The summed E-state index contributed by atoms with van der Waals surface area (Å²) in [6, 6.07) is 3.57. The summed E-state index contributed by atoms with van der Waals surface area (Å²) in [5.74, 6) is 1.40. The monoisotopic (exact) mass is 310 g/mol. The maximum absolute atomic E-state index is 12.0. The zero-order valence-corrected chi connectivity index (χ0v) is 12.2. The summed E-state index contributed by atoms with van der Waals surface area (Å²) in [5, 5.41) is 3.02. The predicted octanol–water partition coefficient (Wildman–Crippen LogP) is 3.40. The molecule has 1 aliphatic rings. The van der Waals surface area contributed by atoms with Crippen molar-refractivity contribution in [2.24, 2.45) is 11.8 Å². The lowest BCUT2D eigenvalue weighted by molar-refractivity contribution is 0.0939. The van der Waals surface area contributed by atoms with Gasteiger partial charge in [-0.05, 0) is 52.7 Å². The minimum atomic E-state index is -0.0341. The van der Waals surface area contributed by atoms with Crippen molar-refractivity contribution in [3.8, 4) is 0 Å². The molecule has 18 heavy (non-hydrogen) atoms. The van der Waals surface area contributed by atoms with Gasteiger partial charge in [0, 0.05) is 12.7 Å². The van der Waals surface area contributed by atoms with Crippen LogP contribution in [0.25, 0.3) is 0 Å². The van der Waals surface area contributed by atoms with E-state index in [2.05, 4.69) is 33.2 Å². The molecular formula is C14H19BrN2O. The second kappa shape index (κ2) is 6.32. The smallest absolute Gasteiger partial charge is 0.254 e. The first-order chi connectivity index (χ1) is 8.66. The van der Waals surface area contributed by atoms with E-state index < -0.39 is 0 Å². The van der Waals surface area contributed by atoms with Crippen LogP contribution in [-0.2, 0) is 0 Å². The molecule has 0 spiro atoms. The third-order valence-corrected chi connectivity index (χ3v) is 4.23. The lowest BCUT2D eigenvalue weighted by atomic mass is 9.82. The van der Waals surface area contributed by atoms with Gasteiger partial charge in [-0.25, -0.2) is 4.98 Å². The fourth-order valence-electron chi connectivity index (χ4n) is 2.63. The van der Waals surface area contributed by atoms with Gasteiger partial charge in [0.1, 0.15) is 4.60 Å². The summed E-state index contributed by atoms with van der Waals surface area (Å²) in [6.07, 6.45) is 6.76. The van der Waals surface area contributed by atoms with Crippen LogP contribution in [0.4, 0.5) is 0 Å². The van der Waals surface area contributed by atoms with Gasteiger partial charge in [0.2, 0.25) is 0 Å². The third-order valence-electron chi connectivity index (χ3n) is 3.60. The number of aromatic nitrogens is 1. The van der Waals surface area contributed by atoms with Crippen LogP contribution in [0.3, 0.4) is 0 Å². The largest absolute Gasteiger partial charge is 0.352 e. The van der Waals surface area contributed by atoms with Crippen molar-refractivity contribution in [2.75, 3.05) is 6.54 Å². The zero-order chi connectivity index (χ0) is 13.0. The average molecular weight is 311 g/mol. The van der Waals surface area contributed by atoms with Crippen molar-refractivity contribution >= 4 is 21.8 Å². The quantitative estimate of drug-likeness (QED) is 0.869. The van der Waals surface area contributed by atoms with Crippen LogP contribution in [0.1, 0.15) is 43.0 Å². The molecule has 1 aromatic rings. The highest BCUT2D eigenvalue weighted by Gasteiger charge is 2.20. The van der Waals surface area contributed by atoms with Gasteiger partial charge < -0.3 is 5.32 Å². The van der Waals surface area contributed by atoms with Gasteiger partial charge in [0.05, 0.1) is 5.56 Å². The normalized spacial score (nSPS) is 23.7. The molecule has 0 bridgehead atoms. The van der Waals surface area contributed by atoms with Crippen LogP contribution in [0, 0.1) is 11.8 Å². The maximum Gasteiger partial charge on any atom is 0.254 e. The number of amides is 1. The van der Waals surface area contributed by atoms with Crippen LogP contribution in [0.5, 0.6) is 0 Å². The highest BCUT2D eigenvalue weighted by Crippen LogP contribution is 2.28. The summed E-state index contributed by atoms with van der Waals surface area (Å²) in [4.78, 5) is 16.1. The number of hydrogen-bond donors (Lipinski definition) is 1. The first kappa shape index (κ1) is 13.5. The lowest BCUT2D eigenvalue weighted by Gasteiger charge is -2.26. The summed E-state index contributed by atoms with van der Waals surface area (Å²) in [5.41, 5.74) is 0.612. The Morgan fingerprint density at radius 2 is 2.39 bits per heavy atom. The van der Waals surface area contributed by atoms with Crippen LogP contribution < -0.4 is 5.32 Å². The molecule has 4 heteroatoms. The van der Waals surface area contributed by atoms with Gasteiger partial charge in [-0.2, -0.15) is 0 Å². The molecule has 98 valence electrons. The Kier molecular flexibility index (Phi) is 4.75. The highest BCUT2D eigenvalue weighted by atomic mass is 79.9. The lowest BCUT2D eigenvalue weighted by Crippen LogP contribution is -2.31. The van der Waals surface area contributed by atoms with Gasteiger partial charge in [-0.15, -0.1) is 0 Å². The van der Waals surface area contributed by atoms with E-state index in [9.17, 15) is 4.79 Å². The standard InChI is InChI=1S/C14H19BrN2O/c1-10-4-2-5-11(8-10)9-17-14(18)12-6-3-7-16-13(12)15/h3,6-7,10-11H,2,4-5,8-9H2,1H3,(H,17,18). The van der Waals surface area contributed by atoms with E-state index in [0.29, 0.717) is 16.1 Å². The molecule has 1 amide bonds. The van der Waals surface area contributed by atoms with Crippen molar-refractivity contribution in [1.82, 2.24) is 10.3 Å². The Balaban J connectivity index is 1.87. The number of halogens is 1. The number of hydrogen-bond acceptors (Lipinski definition) is 2. The first-order valence-corrected chi connectivity index (χ1v) is 7.35. The average Bonchev–Trinajstić information content (AvgIpc) is 2.37. The summed E-state index contributed by atoms with van der Waals surface area (Å²) in [7, 11) is 0. The van der Waals surface area contributed by atoms with Crippen molar-refractivity contribution in [3.63, 3.8) is 0 Å². The summed E-state index contributed by atoms with van der Waals surface area (Å²) in [6.45, 7) is 3.08. The highest BCUT2D eigenvalue weighted by molar-refractivity contribution is 9.10. The Labute approximate surface area is 117 Å². The Morgan fingerprint density at radius 3 is 3.11 bits per heavy atom. The topological polar surface area (TPSA) is 42.0 Å². The molecule has 1 fully saturated rings. The van der Waals surface area contributed by atoms with Crippen LogP contribution >= 0.6 is 15.9 Å². The molecule has 0 aromatic carbocycles. The summed E-state index contributed by atoms with van der Waals surface area (Å²) < 4.78 is 0.611. The summed E-state index contributed by atoms with van der Waals surface area (Å²) >= 11 is 3.30. The molecule has 0 saturated heterocycles. The second-order valence-corrected chi connectivity index (χ2v) is 5.94. The third kappa shape index (κ3) is 3.55. The fraction of sp³-hybridized carbons (Fsp3) is 0.571. The molecule has 1 aliphatic carbocycles. The zero-order valence-electron chi connectivity index (χ0n) is 10.7. The van der Waals surface area contributed by atoms with Crippen molar-refractivity contribution in [3.05, 3.63) is 28.5 Å². The molecule has 2 atom stereocenters. The second-order valence-electron chi connectivity index (χ2n) is 5.19. The van der Waals surface area contributed by atoms with Gasteiger partial charge in [-0.3, -0.25) is 4.79 Å². The van der Waals surface area contributed by atoms with E-state index in [1.807, 2.05) is 0 Å². The molecular weight excluding hydrogens is 292 g/mol. The maximum atomic E-state index is 12.0. The van der Waals surface area contributed by atoms with Gasteiger partial charge in [0.25, 0.3) is 5.91 Å². The van der Waals surface area contributed by atoms with Gasteiger partial charge in [-0.1, -0.05) is 19.8 Å². The first-order valence-electron chi connectivity index (χ1n) is 6.55. The Hall–Kier alpha value is -0.900. The van der Waals surface area contributed by atoms with E-state index in [4.69, 9.17) is 0 Å². The number of carbonyl (C=O) groups excluding carboxylic acids is 1. The fourth-order valence-corrected chi connectivity index (χ4v) is 3.06. The molecule has 1 saturated carbocycles. The molecule has 1 N–H and O–H groups in total. The van der Waals surface area contributed by atoms with E-state index >= 15 is 0 Å². The molecule has 1 aromatic heterocycles. The molecule has 2 rings (SSSR count). The Bertz CT molecular complexity index is 422. The predicted molar refractivity (Wildman–Crippen MR) is 75.4 cm³/mol. The van der Waals surface area contributed by atoms with Crippen molar-refractivity contribution in [1.29, 1.82) is 0 Å². The SMILES string of the molecule is CC1CCCC(CNC(=O)c2cccnc2Br)C1. The molecule has 0 aliphatic heterocycles. The minimum Gasteiger partial charge on any atom is -0.352 e. The van der Waals surface area contributed by atoms with E-state index in [-0.39, 0.29) is 5.91 Å². The van der Waals surface area contributed by atoms with E-state index in [0.717, 1.165) is 12.5 Å². The van der Waals surface area contributed by atoms with Gasteiger partial charge in [0.15, 0.2) is 0 Å².